The van der Waals surface area contributed by atoms with E-state index in [4.69, 9.17) is 4.74 Å². The number of rotatable bonds is 10. The molecule has 54 heavy (non-hydrogen) atoms. The lowest BCUT2D eigenvalue weighted by molar-refractivity contribution is 0.0105. The molecule has 3 aliphatic heterocycles. The fourth-order valence-electron chi connectivity index (χ4n) is 8.99. The van der Waals surface area contributed by atoms with Crippen LogP contribution in [0, 0.1) is 11.8 Å². The molecule has 2 bridgehead atoms. The van der Waals surface area contributed by atoms with Gasteiger partial charge in [0.05, 0.1) is 18.7 Å². The highest BCUT2D eigenvalue weighted by molar-refractivity contribution is 6.10. The van der Waals surface area contributed by atoms with Crippen LogP contribution in [0.25, 0.3) is 43.6 Å². The maximum absolute atomic E-state index is 13.5. The highest BCUT2D eigenvalue weighted by Gasteiger charge is 2.43. The monoisotopic (exact) mass is 716 g/mol. The molecular formula is C45H40N4O5. The van der Waals surface area contributed by atoms with Crippen LogP contribution < -0.4 is 26.2 Å². The Labute approximate surface area is 311 Å². The Morgan fingerprint density at radius 3 is 2.43 bits per heavy atom. The first-order valence-corrected chi connectivity index (χ1v) is 18.4. The second kappa shape index (κ2) is 13.3. The van der Waals surface area contributed by atoms with E-state index in [1.807, 2.05) is 84.9 Å². The number of benzene rings is 5. The molecule has 1 unspecified atom stereocenters. The lowest BCUT2D eigenvalue weighted by atomic mass is 9.73. The van der Waals surface area contributed by atoms with Crippen LogP contribution in [0.2, 0.25) is 0 Å². The third-order valence-electron chi connectivity index (χ3n) is 11.8. The fourth-order valence-corrected chi connectivity index (χ4v) is 8.99. The van der Waals surface area contributed by atoms with Gasteiger partial charge in [0, 0.05) is 47.4 Å². The summed E-state index contributed by atoms with van der Waals surface area (Å²) in [6.07, 6.45) is 5.85. The number of phenolic OH excluding ortho intramolecular Hbond substituents is 2. The second-order valence-electron chi connectivity index (χ2n) is 14.6. The number of anilines is 2. The minimum atomic E-state index is -0.609. The van der Waals surface area contributed by atoms with Crippen molar-refractivity contribution in [3.63, 3.8) is 0 Å². The smallest absolute Gasteiger partial charge is 0.253 e. The van der Waals surface area contributed by atoms with Gasteiger partial charge < -0.3 is 25.6 Å². The average Bonchev–Trinajstić information content (AvgIpc) is 3.22. The van der Waals surface area contributed by atoms with E-state index in [0.717, 1.165) is 63.9 Å². The Morgan fingerprint density at radius 1 is 0.907 bits per heavy atom. The summed E-state index contributed by atoms with van der Waals surface area (Å²) in [6.45, 7) is 6.00. The van der Waals surface area contributed by atoms with E-state index in [9.17, 15) is 19.8 Å². The van der Waals surface area contributed by atoms with Crippen molar-refractivity contribution >= 4 is 43.8 Å². The molecule has 6 aromatic carbocycles. The SMILES string of the molecule is C=C[C@H]1CN2CC[C@H]1C[C@H]2[C@@H](Nc1c(NCc2cc3ccccc3c(-c3c(O)ccc4ccccc34)c2O)c(=O)c1=O)c1ccnc2ccc(OC)cc12. The number of pyridine rings is 1. The number of aromatic nitrogens is 1. The highest BCUT2D eigenvalue weighted by atomic mass is 16.5. The summed E-state index contributed by atoms with van der Waals surface area (Å²) in [7, 11) is 1.64. The largest absolute Gasteiger partial charge is 0.507 e. The van der Waals surface area contributed by atoms with E-state index in [-0.39, 0.29) is 41.5 Å². The molecule has 7 aromatic rings. The summed E-state index contributed by atoms with van der Waals surface area (Å²) < 4.78 is 5.59. The van der Waals surface area contributed by atoms with Crippen molar-refractivity contribution in [1.82, 2.24) is 9.88 Å². The van der Waals surface area contributed by atoms with Crippen LogP contribution in [0.3, 0.4) is 0 Å². The number of methoxy groups -OCH3 is 1. The zero-order valence-corrected chi connectivity index (χ0v) is 29.9. The predicted molar refractivity (Wildman–Crippen MR) is 215 cm³/mol. The Morgan fingerprint density at radius 2 is 1.67 bits per heavy atom. The number of hydrogen-bond acceptors (Lipinski definition) is 9. The van der Waals surface area contributed by atoms with Crippen molar-refractivity contribution < 1.29 is 14.9 Å². The molecule has 3 aliphatic rings. The molecule has 10 rings (SSSR count). The number of piperidine rings is 3. The van der Waals surface area contributed by atoms with Gasteiger partial charge in [0.25, 0.3) is 10.9 Å². The number of phenols is 2. The van der Waals surface area contributed by atoms with Crippen molar-refractivity contribution in [3.8, 4) is 28.4 Å². The van der Waals surface area contributed by atoms with Crippen molar-refractivity contribution in [3.05, 3.63) is 141 Å². The number of hydrogen-bond donors (Lipinski definition) is 4. The zero-order chi connectivity index (χ0) is 37.1. The average molecular weight is 717 g/mol. The van der Waals surface area contributed by atoms with Gasteiger partial charge in [-0.3, -0.25) is 19.5 Å². The van der Waals surface area contributed by atoms with Crippen molar-refractivity contribution in [2.24, 2.45) is 11.8 Å². The summed E-state index contributed by atoms with van der Waals surface area (Å²) in [4.78, 5) is 33.9. The molecule has 0 spiro atoms. The van der Waals surface area contributed by atoms with Crippen LogP contribution in [0.15, 0.2) is 119 Å². The predicted octanol–water partition coefficient (Wildman–Crippen LogP) is 7.89. The topological polar surface area (TPSA) is 124 Å². The molecule has 0 amide bonds. The van der Waals surface area contributed by atoms with Crippen molar-refractivity contribution in [2.45, 2.75) is 31.5 Å². The Hall–Kier alpha value is -6.19. The number of nitrogens with one attached hydrogen (secondary N) is 2. The van der Waals surface area contributed by atoms with Gasteiger partial charge in [0.15, 0.2) is 0 Å². The normalized spacial score (nSPS) is 20.0. The van der Waals surface area contributed by atoms with Crippen molar-refractivity contribution in [2.75, 3.05) is 30.8 Å². The van der Waals surface area contributed by atoms with Gasteiger partial charge in [-0.05, 0) is 94.7 Å². The van der Waals surface area contributed by atoms with E-state index in [0.29, 0.717) is 34.3 Å². The van der Waals surface area contributed by atoms with Crippen LogP contribution in [0.5, 0.6) is 17.2 Å². The summed E-state index contributed by atoms with van der Waals surface area (Å²) in [6, 6.07) is 28.3. The molecule has 270 valence electrons. The first-order chi connectivity index (χ1) is 26.3. The Bertz CT molecular complexity index is 2680. The van der Waals surface area contributed by atoms with Crippen LogP contribution >= 0.6 is 0 Å². The summed E-state index contributed by atoms with van der Waals surface area (Å²) in [5, 5.41) is 34.3. The maximum Gasteiger partial charge on any atom is 0.253 e. The molecule has 9 heteroatoms. The molecule has 9 nitrogen and oxygen atoms in total. The number of ether oxygens (including phenoxy) is 1. The molecule has 5 atom stereocenters. The van der Waals surface area contributed by atoms with Crippen LogP contribution in [-0.4, -0.2) is 46.3 Å². The van der Waals surface area contributed by atoms with E-state index >= 15 is 0 Å². The lowest BCUT2D eigenvalue weighted by Crippen LogP contribution is -2.56. The van der Waals surface area contributed by atoms with Crippen LogP contribution in [0.1, 0.15) is 30.0 Å². The maximum atomic E-state index is 13.5. The highest BCUT2D eigenvalue weighted by Crippen LogP contribution is 2.47. The first-order valence-electron chi connectivity index (χ1n) is 18.4. The number of fused-ring (bicyclic) bond motifs is 6. The third kappa shape index (κ3) is 5.46. The number of nitrogens with zero attached hydrogens (tertiary/aromatic N) is 2. The zero-order valence-electron chi connectivity index (χ0n) is 29.9. The summed E-state index contributed by atoms with van der Waals surface area (Å²) in [5.41, 5.74) is 2.55. The lowest BCUT2D eigenvalue weighted by Gasteiger charge is -2.52. The molecule has 0 saturated carbocycles. The van der Waals surface area contributed by atoms with E-state index < -0.39 is 10.9 Å². The fraction of sp³-hybridized carbons (Fsp3) is 0.222. The van der Waals surface area contributed by atoms with Gasteiger partial charge >= 0.3 is 0 Å². The van der Waals surface area contributed by atoms with Crippen molar-refractivity contribution in [1.29, 1.82) is 0 Å². The van der Waals surface area contributed by atoms with Gasteiger partial charge in [-0.15, -0.1) is 6.58 Å². The van der Waals surface area contributed by atoms with Crippen LogP contribution in [0.4, 0.5) is 11.4 Å². The summed E-state index contributed by atoms with van der Waals surface area (Å²) in [5.74, 6) is 1.62. The molecule has 0 aliphatic carbocycles. The Kier molecular flexibility index (Phi) is 8.31. The minimum absolute atomic E-state index is 0.0149. The molecule has 4 N–H and O–H groups in total. The molecule has 3 fully saturated rings. The quantitative estimate of drug-likeness (QED) is 0.0827. The second-order valence-corrected chi connectivity index (χ2v) is 14.6. The molecule has 1 aromatic heterocycles. The molecule has 0 radical (unpaired) electrons. The molecule has 3 saturated heterocycles. The van der Waals surface area contributed by atoms with E-state index in [2.05, 4.69) is 33.2 Å². The number of aromatic hydroxyl groups is 2. The Balaban J connectivity index is 1.10. The minimum Gasteiger partial charge on any atom is -0.507 e. The van der Waals surface area contributed by atoms with Gasteiger partial charge in [-0.1, -0.05) is 60.7 Å². The molecule has 4 heterocycles. The van der Waals surface area contributed by atoms with E-state index in [1.54, 1.807) is 19.4 Å². The summed E-state index contributed by atoms with van der Waals surface area (Å²) >= 11 is 0. The molecular weight excluding hydrogens is 677 g/mol. The first kappa shape index (κ1) is 33.6. The third-order valence-corrected chi connectivity index (χ3v) is 11.8. The van der Waals surface area contributed by atoms with Gasteiger partial charge in [-0.25, -0.2) is 0 Å². The van der Waals surface area contributed by atoms with Gasteiger partial charge in [-0.2, -0.15) is 0 Å². The van der Waals surface area contributed by atoms with Crippen LogP contribution in [-0.2, 0) is 6.54 Å². The van der Waals surface area contributed by atoms with Gasteiger partial charge in [0.2, 0.25) is 0 Å². The standard InChI is InChI=1S/C45H40N4O5/c1-3-25-24-49-19-17-27(25)21-36(49)40(33-16-18-46-35-14-13-30(54-2)22-34(33)35)48-42-41(44(52)45(42)53)47-23-29-20-28-9-5-7-11-32(28)39(43(29)51)38-31-10-6-4-8-26(31)12-15-37(38)50/h3-16,18,20,22,25,27,36,40,47-48,50-51H,1,17,19,21,23-24H2,2H3/t25-,27-,36-,40-/m0/s1. The van der Waals surface area contributed by atoms with E-state index in [1.165, 1.54) is 0 Å². The van der Waals surface area contributed by atoms with Gasteiger partial charge in [0.1, 0.15) is 28.6 Å².